The highest BCUT2D eigenvalue weighted by Crippen LogP contribution is 2.28. The SMILES string of the molecule is CN1CCN(CCNCCOCC2CC2)CC1. The van der Waals surface area contributed by atoms with Crippen molar-refractivity contribution in [1.82, 2.24) is 15.1 Å². The minimum Gasteiger partial charge on any atom is -0.380 e. The van der Waals surface area contributed by atoms with Crippen molar-refractivity contribution in [3.05, 3.63) is 0 Å². The zero-order valence-electron chi connectivity index (χ0n) is 11.2. The molecular weight excluding hydrogens is 214 g/mol. The van der Waals surface area contributed by atoms with Gasteiger partial charge in [0.05, 0.1) is 6.61 Å². The number of rotatable bonds is 8. The first-order chi connectivity index (χ1) is 8.34. The van der Waals surface area contributed by atoms with Gasteiger partial charge in [0.25, 0.3) is 0 Å². The van der Waals surface area contributed by atoms with Crippen LogP contribution >= 0.6 is 0 Å². The lowest BCUT2D eigenvalue weighted by molar-refractivity contribution is 0.123. The third-order valence-electron chi connectivity index (χ3n) is 3.67. The molecule has 1 saturated heterocycles. The molecule has 0 aromatic carbocycles. The van der Waals surface area contributed by atoms with E-state index in [-0.39, 0.29) is 0 Å². The van der Waals surface area contributed by atoms with E-state index < -0.39 is 0 Å². The molecule has 17 heavy (non-hydrogen) atoms. The van der Waals surface area contributed by atoms with Crippen molar-refractivity contribution in [1.29, 1.82) is 0 Å². The molecule has 0 amide bonds. The molecule has 2 rings (SSSR count). The number of piperazine rings is 1. The molecule has 0 radical (unpaired) electrons. The summed E-state index contributed by atoms with van der Waals surface area (Å²) in [6.07, 6.45) is 2.77. The predicted octanol–water partition coefficient (Wildman–Crippen LogP) is 0.250. The van der Waals surface area contributed by atoms with Gasteiger partial charge in [0.1, 0.15) is 0 Å². The van der Waals surface area contributed by atoms with E-state index in [2.05, 4.69) is 22.2 Å². The van der Waals surface area contributed by atoms with Crippen LogP contribution < -0.4 is 5.32 Å². The number of nitrogens with one attached hydrogen (secondary N) is 1. The highest BCUT2D eigenvalue weighted by Gasteiger charge is 2.20. The summed E-state index contributed by atoms with van der Waals surface area (Å²) in [6, 6.07) is 0. The lowest BCUT2D eigenvalue weighted by Crippen LogP contribution is -2.46. The van der Waals surface area contributed by atoms with Gasteiger partial charge in [0, 0.05) is 52.4 Å². The molecule has 0 atom stereocenters. The predicted molar refractivity (Wildman–Crippen MR) is 70.3 cm³/mol. The van der Waals surface area contributed by atoms with Crippen LogP contribution in [0.4, 0.5) is 0 Å². The lowest BCUT2D eigenvalue weighted by Gasteiger charge is -2.32. The van der Waals surface area contributed by atoms with Gasteiger partial charge in [-0.15, -0.1) is 0 Å². The smallest absolute Gasteiger partial charge is 0.0591 e. The Morgan fingerprint density at radius 1 is 1.12 bits per heavy atom. The number of hydrogen-bond acceptors (Lipinski definition) is 4. The van der Waals surface area contributed by atoms with Gasteiger partial charge in [-0.3, -0.25) is 4.90 Å². The van der Waals surface area contributed by atoms with Crippen LogP contribution in [0.15, 0.2) is 0 Å². The van der Waals surface area contributed by atoms with Crippen LogP contribution in [0.3, 0.4) is 0 Å². The molecule has 4 nitrogen and oxygen atoms in total. The van der Waals surface area contributed by atoms with Gasteiger partial charge >= 0.3 is 0 Å². The third-order valence-corrected chi connectivity index (χ3v) is 3.67. The molecule has 1 N–H and O–H groups in total. The van der Waals surface area contributed by atoms with Crippen LogP contribution in [0.1, 0.15) is 12.8 Å². The summed E-state index contributed by atoms with van der Waals surface area (Å²) in [6.45, 7) is 9.99. The topological polar surface area (TPSA) is 27.7 Å². The van der Waals surface area contributed by atoms with E-state index in [9.17, 15) is 0 Å². The zero-order valence-corrected chi connectivity index (χ0v) is 11.2. The Morgan fingerprint density at radius 2 is 1.88 bits per heavy atom. The molecule has 100 valence electrons. The van der Waals surface area contributed by atoms with Gasteiger partial charge in [-0.05, 0) is 25.8 Å². The molecule has 1 aliphatic heterocycles. The van der Waals surface area contributed by atoms with Gasteiger partial charge in [-0.25, -0.2) is 0 Å². The van der Waals surface area contributed by atoms with Gasteiger partial charge in [-0.1, -0.05) is 0 Å². The zero-order chi connectivity index (χ0) is 11.9. The Balaban J connectivity index is 1.35. The summed E-state index contributed by atoms with van der Waals surface area (Å²) >= 11 is 0. The lowest BCUT2D eigenvalue weighted by atomic mass is 10.3. The van der Waals surface area contributed by atoms with Crippen LogP contribution in [0, 0.1) is 5.92 Å². The van der Waals surface area contributed by atoms with E-state index in [0.717, 1.165) is 32.2 Å². The summed E-state index contributed by atoms with van der Waals surface area (Å²) in [4.78, 5) is 4.94. The Bertz CT molecular complexity index is 201. The van der Waals surface area contributed by atoms with Crippen LogP contribution in [0.2, 0.25) is 0 Å². The van der Waals surface area contributed by atoms with Crippen molar-refractivity contribution in [3.8, 4) is 0 Å². The maximum Gasteiger partial charge on any atom is 0.0591 e. The second-order valence-corrected chi connectivity index (χ2v) is 5.41. The maximum absolute atomic E-state index is 5.58. The van der Waals surface area contributed by atoms with E-state index in [1.807, 2.05) is 0 Å². The normalized spacial score (nSPS) is 23.1. The average molecular weight is 241 g/mol. The molecule has 1 saturated carbocycles. The number of hydrogen-bond donors (Lipinski definition) is 1. The second kappa shape index (κ2) is 7.31. The number of nitrogens with zero attached hydrogens (tertiary/aromatic N) is 2. The van der Waals surface area contributed by atoms with E-state index in [4.69, 9.17) is 4.74 Å². The summed E-state index contributed by atoms with van der Waals surface area (Å²) in [5, 5.41) is 3.46. The van der Waals surface area contributed by atoms with E-state index in [0.29, 0.717) is 0 Å². The van der Waals surface area contributed by atoms with Gasteiger partial charge < -0.3 is 15.0 Å². The summed E-state index contributed by atoms with van der Waals surface area (Å²) in [5.41, 5.74) is 0. The Kier molecular flexibility index (Phi) is 5.71. The summed E-state index contributed by atoms with van der Waals surface area (Å²) < 4.78 is 5.58. The fraction of sp³-hybridized carbons (Fsp3) is 1.00. The highest BCUT2D eigenvalue weighted by molar-refractivity contribution is 4.72. The van der Waals surface area contributed by atoms with Gasteiger partial charge in [-0.2, -0.15) is 0 Å². The van der Waals surface area contributed by atoms with Crippen LogP contribution in [-0.2, 0) is 4.74 Å². The monoisotopic (exact) mass is 241 g/mol. The Morgan fingerprint density at radius 3 is 2.59 bits per heavy atom. The molecule has 0 aromatic heterocycles. The van der Waals surface area contributed by atoms with Crippen molar-refractivity contribution in [3.63, 3.8) is 0 Å². The van der Waals surface area contributed by atoms with Crippen LogP contribution in [0.25, 0.3) is 0 Å². The standard InChI is InChI=1S/C13H27N3O/c1-15-7-9-16(10-8-15)6-4-14-5-11-17-12-13-2-3-13/h13-14H,2-12H2,1H3. The molecule has 2 aliphatic rings. The van der Waals surface area contributed by atoms with Crippen molar-refractivity contribution >= 4 is 0 Å². The fourth-order valence-electron chi connectivity index (χ4n) is 2.11. The average Bonchev–Trinajstić information content (AvgIpc) is 3.14. The maximum atomic E-state index is 5.58. The molecule has 0 bridgehead atoms. The van der Waals surface area contributed by atoms with Gasteiger partial charge in [0.2, 0.25) is 0 Å². The molecule has 1 aliphatic carbocycles. The van der Waals surface area contributed by atoms with Crippen molar-refractivity contribution in [2.45, 2.75) is 12.8 Å². The molecule has 2 fully saturated rings. The number of likely N-dealkylation sites (N-methyl/N-ethyl adjacent to an activating group) is 1. The second-order valence-electron chi connectivity index (χ2n) is 5.41. The first kappa shape index (κ1) is 13.3. The molecule has 0 unspecified atom stereocenters. The first-order valence-corrected chi connectivity index (χ1v) is 7.04. The van der Waals surface area contributed by atoms with Crippen molar-refractivity contribution in [2.24, 2.45) is 5.92 Å². The molecule has 0 aromatic rings. The quantitative estimate of drug-likeness (QED) is 0.617. The van der Waals surface area contributed by atoms with E-state index in [1.54, 1.807) is 0 Å². The van der Waals surface area contributed by atoms with Crippen LogP contribution in [-0.4, -0.2) is 75.9 Å². The Labute approximate surface area is 105 Å². The molecule has 0 spiro atoms. The summed E-state index contributed by atoms with van der Waals surface area (Å²) in [7, 11) is 2.20. The molecule has 1 heterocycles. The molecule has 4 heteroatoms. The number of ether oxygens (including phenoxy) is 1. The van der Waals surface area contributed by atoms with Crippen molar-refractivity contribution in [2.75, 3.05) is 66.1 Å². The third kappa shape index (κ3) is 5.82. The first-order valence-electron chi connectivity index (χ1n) is 7.04. The van der Waals surface area contributed by atoms with E-state index >= 15 is 0 Å². The van der Waals surface area contributed by atoms with Crippen LogP contribution in [0.5, 0.6) is 0 Å². The minimum atomic E-state index is 0.874. The molecular formula is C13H27N3O. The highest BCUT2D eigenvalue weighted by atomic mass is 16.5. The van der Waals surface area contributed by atoms with Crippen molar-refractivity contribution < 1.29 is 4.74 Å². The largest absolute Gasteiger partial charge is 0.380 e. The summed E-state index contributed by atoms with van der Waals surface area (Å²) in [5.74, 6) is 0.889. The minimum absolute atomic E-state index is 0.874. The fourth-order valence-corrected chi connectivity index (χ4v) is 2.11. The Hall–Kier alpha value is -0.160. The van der Waals surface area contributed by atoms with E-state index in [1.165, 1.54) is 45.6 Å². The van der Waals surface area contributed by atoms with Gasteiger partial charge in [0.15, 0.2) is 0 Å².